The van der Waals surface area contributed by atoms with Crippen LogP contribution in [0, 0.1) is 0 Å². The zero-order valence-electron chi connectivity index (χ0n) is 14.7. The molecule has 1 saturated heterocycles. The highest BCUT2D eigenvalue weighted by molar-refractivity contribution is 5.86. The average Bonchev–Trinajstić information content (AvgIpc) is 3.14. The molecular formula is C22H25NO2. The van der Waals surface area contributed by atoms with Crippen molar-refractivity contribution < 1.29 is 9.53 Å². The number of nitrogens with zero attached hydrogens (tertiary/aromatic N) is 1. The number of carbonyl (C=O) groups excluding carboxylic acids is 1. The van der Waals surface area contributed by atoms with E-state index in [2.05, 4.69) is 64.2 Å². The van der Waals surface area contributed by atoms with Gasteiger partial charge in [0.05, 0.1) is 7.11 Å². The minimum absolute atomic E-state index is 0.327. The lowest BCUT2D eigenvalue weighted by atomic mass is 10.0. The summed E-state index contributed by atoms with van der Waals surface area (Å²) in [7, 11) is 1.39. The Balaban J connectivity index is 1.61. The van der Waals surface area contributed by atoms with E-state index in [1.165, 1.54) is 43.7 Å². The number of methoxy groups -OCH3 is 1. The van der Waals surface area contributed by atoms with Crippen molar-refractivity contribution in [2.45, 2.75) is 25.3 Å². The summed E-state index contributed by atoms with van der Waals surface area (Å²) in [5.74, 6) is -0.327. The first kappa shape index (κ1) is 17.4. The SMILES string of the molecule is COC(=O)C=Cc1ccc([C@@H]2CCCN2CCc2ccccc2)cc1. The molecule has 1 heterocycles. The number of ether oxygens (including phenoxy) is 1. The molecule has 0 spiro atoms. The third-order valence-electron chi connectivity index (χ3n) is 4.83. The maximum Gasteiger partial charge on any atom is 0.330 e. The molecule has 0 N–H and O–H groups in total. The molecule has 130 valence electrons. The van der Waals surface area contributed by atoms with Crippen molar-refractivity contribution in [3.63, 3.8) is 0 Å². The molecule has 3 heteroatoms. The van der Waals surface area contributed by atoms with E-state index in [1.54, 1.807) is 6.08 Å². The normalized spacial score (nSPS) is 17.9. The van der Waals surface area contributed by atoms with Gasteiger partial charge < -0.3 is 4.74 Å². The Bertz CT molecular complexity index is 707. The summed E-state index contributed by atoms with van der Waals surface area (Å²) in [4.78, 5) is 13.8. The fourth-order valence-electron chi connectivity index (χ4n) is 3.45. The molecular weight excluding hydrogens is 310 g/mol. The second-order valence-corrected chi connectivity index (χ2v) is 6.45. The highest BCUT2D eigenvalue weighted by Gasteiger charge is 2.25. The standard InChI is InChI=1S/C22H25NO2/c1-25-22(24)14-11-19-9-12-20(13-10-19)21-8-5-16-23(21)17-15-18-6-3-2-4-7-18/h2-4,6-7,9-14,21H,5,8,15-17H2,1H3/t21-/m0/s1. The molecule has 25 heavy (non-hydrogen) atoms. The molecule has 0 amide bonds. The minimum Gasteiger partial charge on any atom is -0.466 e. The lowest BCUT2D eigenvalue weighted by Crippen LogP contribution is -2.25. The van der Waals surface area contributed by atoms with Crippen molar-refractivity contribution in [3.8, 4) is 0 Å². The van der Waals surface area contributed by atoms with Gasteiger partial charge in [-0.15, -0.1) is 0 Å². The van der Waals surface area contributed by atoms with Gasteiger partial charge in [0.1, 0.15) is 0 Å². The van der Waals surface area contributed by atoms with Gasteiger partial charge in [0.25, 0.3) is 0 Å². The van der Waals surface area contributed by atoms with Gasteiger partial charge in [-0.3, -0.25) is 4.90 Å². The van der Waals surface area contributed by atoms with E-state index in [0.717, 1.165) is 18.5 Å². The molecule has 3 rings (SSSR count). The molecule has 0 radical (unpaired) electrons. The third-order valence-corrected chi connectivity index (χ3v) is 4.83. The summed E-state index contributed by atoms with van der Waals surface area (Å²) < 4.78 is 4.62. The zero-order chi connectivity index (χ0) is 17.5. The molecule has 0 aromatic heterocycles. The van der Waals surface area contributed by atoms with Gasteiger partial charge in [-0.25, -0.2) is 4.79 Å². The maximum absolute atomic E-state index is 11.2. The number of hydrogen-bond acceptors (Lipinski definition) is 3. The Morgan fingerprint density at radius 3 is 2.64 bits per heavy atom. The zero-order valence-corrected chi connectivity index (χ0v) is 14.7. The Labute approximate surface area is 149 Å². The summed E-state index contributed by atoms with van der Waals surface area (Å²) >= 11 is 0. The van der Waals surface area contributed by atoms with Crippen LogP contribution < -0.4 is 0 Å². The van der Waals surface area contributed by atoms with E-state index >= 15 is 0 Å². The van der Waals surface area contributed by atoms with Gasteiger partial charge in [0.15, 0.2) is 0 Å². The lowest BCUT2D eigenvalue weighted by molar-refractivity contribution is -0.134. The minimum atomic E-state index is -0.327. The van der Waals surface area contributed by atoms with Crippen molar-refractivity contribution in [1.29, 1.82) is 0 Å². The van der Waals surface area contributed by atoms with E-state index in [4.69, 9.17) is 0 Å². The number of carbonyl (C=O) groups is 1. The van der Waals surface area contributed by atoms with Crippen LogP contribution in [0.2, 0.25) is 0 Å². The van der Waals surface area contributed by atoms with Crippen LogP contribution in [0.15, 0.2) is 60.7 Å². The molecule has 2 aromatic carbocycles. The van der Waals surface area contributed by atoms with Crippen molar-refractivity contribution >= 4 is 12.0 Å². The largest absolute Gasteiger partial charge is 0.466 e. The molecule has 0 saturated carbocycles. The maximum atomic E-state index is 11.2. The van der Waals surface area contributed by atoms with Crippen molar-refractivity contribution in [2.24, 2.45) is 0 Å². The van der Waals surface area contributed by atoms with Crippen LogP contribution >= 0.6 is 0 Å². The van der Waals surface area contributed by atoms with E-state index in [0.29, 0.717) is 6.04 Å². The number of hydrogen-bond donors (Lipinski definition) is 0. The highest BCUT2D eigenvalue weighted by atomic mass is 16.5. The molecule has 1 aliphatic heterocycles. The molecule has 1 atom stereocenters. The topological polar surface area (TPSA) is 29.5 Å². The van der Waals surface area contributed by atoms with Crippen LogP contribution in [0.25, 0.3) is 6.08 Å². The Morgan fingerprint density at radius 1 is 1.16 bits per heavy atom. The van der Waals surface area contributed by atoms with Crippen LogP contribution in [0.3, 0.4) is 0 Å². The quantitative estimate of drug-likeness (QED) is 0.584. The van der Waals surface area contributed by atoms with Crippen LogP contribution in [-0.4, -0.2) is 31.1 Å². The van der Waals surface area contributed by atoms with Crippen molar-refractivity contribution in [1.82, 2.24) is 4.90 Å². The fourth-order valence-corrected chi connectivity index (χ4v) is 3.45. The van der Waals surface area contributed by atoms with Crippen LogP contribution in [-0.2, 0) is 16.0 Å². The number of rotatable bonds is 6. The first-order valence-electron chi connectivity index (χ1n) is 8.90. The summed E-state index contributed by atoms with van der Waals surface area (Å²) in [5.41, 5.74) is 3.78. The van der Waals surface area contributed by atoms with Gasteiger partial charge in [-0.2, -0.15) is 0 Å². The van der Waals surface area contributed by atoms with E-state index in [-0.39, 0.29) is 5.97 Å². The predicted molar refractivity (Wildman–Crippen MR) is 101 cm³/mol. The summed E-state index contributed by atoms with van der Waals surface area (Å²) in [5, 5.41) is 0. The summed E-state index contributed by atoms with van der Waals surface area (Å²) in [6.45, 7) is 2.26. The van der Waals surface area contributed by atoms with E-state index in [1.807, 2.05) is 0 Å². The Hall–Kier alpha value is -2.39. The average molecular weight is 335 g/mol. The Morgan fingerprint density at radius 2 is 1.92 bits per heavy atom. The summed E-state index contributed by atoms with van der Waals surface area (Å²) in [6.07, 6.45) is 6.81. The Kier molecular flexibility index (Phi) is 6.02. The molecule has 1 fully saturated rings. The second kappa shape index (κ2) is 8.63. The van der Waals surface area contributed by atoms with Crippen molar-refractivity contribution in [3.05, 3.63) is 77.4 Å². The number of benzene rings is 2. The monoisotopic (exact) mass is 335 g/mol. The van der Waals surface area contributed by atoms with Gasteiger partial charge in [0.2, 0.25) is 0 Å². The van der Waals surface area contributed by atoms with Crippen LogP contribution in [0.5, 0.6) is 0 Å². The first-order chi connectivity index (χ1) is 12.3. The smallest absolute Gasteiger partial charge is 0.330 e. The molecule has 2 aromatic rings. The van der Waals surface area contributed by atoms with Crippen LogP contribution in [0.4, 0.5) is 0 Å². The highest BCUT2D eigenvalue weighted by Crippen LogP contribution is 2.32. The van der Waals surface area contributed by atoms with Crippen molar-refractivity contribution in [2.75, 3.05) is 20.2 Å². The number of likely N-dealkylation sites (tertiary alicyclic amines) is 1. The van der Waals surface area contributed by atoms with Gasteiger partial charge in [0, 0.05) is 18.7 Å². The predicted octanol–water partition coefficient (Wildman–Crippen LogP) is 4.25. The summed E-state index contributed by atoms with van der Waals surface area (Å²) in [6, 6.07) is 19.7. The van der Waals surface area contributed by atoms with Crippen LogP contribution in [0.1, 0.15) is 35.6 Å². The molecule has 0 unspecified atom stereocenters. The van der Waals surface area contributed by atoms with E-state index in [9.17, 15) is 4.79 Å². The van der Waals surface area contributed by atoms with Gasteiger partial charge in [-0.05, 0) is 48.6 Å². The number of esters is 1. The van der Waals surface area contributed by atoms with Gasteiger partial charge >= 0.3 is 5.97 Å². The molecule has 1 aliphatic rings. The second-order valence-electron chi connectivity index (χ2n) is 6.45. The molecule has 3 nitrogen and oxygen atoms in total. The third kappa shape index (κ3) is 4.80. The van der Waals surface area contributed by atoms with E-state index < -0.39 is 0 Å². The van der Waals surface area contributed by atoms with Gasteiger partial charge in [-0.1, -0.05) is 54.6 Å². The fraction of sp³-hybridized carbons (Fsp3) is 0.318. The first-order valence-corrected chi connectivity index (χ1v) is 8.90. The molecule has 0 bridgehead atoms. The molecule has 0 aliphatic carbocycles. The lowest BCUT2D eigenvalue weighted by Gasteiger charge is -2.25.